The van der Waals surface area contributed by atoms with Gasteiger partial charge in [-0.25, -0.2) is 9.37 Å². The third-order valence-corrected chi connectivity index (χ3v) is 4.99. The van der Waals surface area contributed by atoms with E-state index in [0.717, 1.165) is 22.7 Å². The van der Waals surface area contributed by atoms with Gasteiger partial charge >= 0.3 is 0 Å². The van der Waals surface area contributed by atoms with Crippen LogP contribution in [0.5, 0.6) is 0 Å². The molecule has 0 aliphatic carbocycles. The molecule has 0 fully saturated rings. The molecule has 4 heteroatoms. The fraction of sp³-hybridized carbons (Fsp3) is 0.438. The number of thiazole rings is 1. The molecule has 2 aromatic heterocycles. The molecule has 0 aromatic carbocycles. The van der Waals surface area contributed by atoms with Crippen molar-refractivity contribution in [1.29, 1.82) is 0 Å². The first-order valence-electron chi connectivity index (χ1n) is 7.16. The molecule has 0 saturated carbocycles. The Labute approximate surface area is 128 Å². The highest BCUT2D eigenvalue weighted by molar-refractivity contribution is 7.20. The summed E-state index contributed by atoms with van der Waals surface area (Å²) in [6.45, 7) is 2.20. The van der Waals surface area contributed by atoms with E-state index in [0.29, 0.717) is 5.69 Å². The monoisotopic (exact) mass is 309 g/mol. The van der Waals surface area contributed by atoms with Gasteiger partial charge in [0.25, 0.3) is 0 Å². The lowest BCUT2D eigenvalue weighted by Gasteiger charge is -1.97. The van der Waals surface area contributed by atoms with Crippen LogP contribution in [0.1, 0.15) is 51.1 Å². The molecule has 2 rings (SSSR count). The molecule has 0 unspecified atom stereocenters. The molecule has 0 N–H and O–H groups in total. The van der Waals surface area contributed by atoms with Gasteiger partial charge in [-0.2, -0.15) is 0 Å². The SMILES string of the molecule is CCCCCCC/C=C(\F)c1csc(-c2cccs2)n1. The topological polar surface area (TPSA) is 12.9 Å². The fourth-order valence-electron chi connectivity index (χ4n) is 1.98. The zero-order valence-corrected chi connectivity index (χ0v) is 13.4. The number of allylic oxidation sites excluding steroid dienone is 1. The summed E-state index contributed by atoms with van der Waals surface area (Å²) in [6.07, 6.45) is 8.52. The lowest BCUT2D eigenvalue weighted by atomic mass is 10.1. The Morgan fingerprint density at radius 2 is 2.10 bits per heavy atom. The van der Waals surface area contributed by atoms with Crippen molar-refractivity contribution in [2.45, 2.75) is 45.4 Å². The molecule has 0 aliphatic heterocycles. The van der Waals surface area contributed by atoms with Gasteiger partial charge in [-0.3, -0.25) is 0 Å². The first-order valence-corrected chi connectivity index (χ1v) is 8.92. The number of nitrogens with zero attached hydrogens (tertiary/aromatic N) is 1. The molecule has 1 nitrogen and oxygen atoms in total. The highest BCUT2D eigenvalue weighted by Gasteiger charge is 2.08. The molecule has 0 aliphatic rings. The number of thiophene rings is 1. The van der Waals surface area contributed by atoms with E-state index in [4.69, 9.17) is 0 Å². The van der Waals surface area contributed by atoms with Crippen molar-refractivity contribution >= 4 is 28.5 Å². The lowest BCUT2D eigenvalue weighted by Crippen LogP contribution is -1.80. The number of hydrogen-bond donors (Lipinski definition) is 0. The molecule has 20 heavy (non-hydrogen) atoms. The second kappa shape index (κ2) is 8.32. The van der Waals surface area contributed by atoms with Gasteiger partial charge < -0.3 is 0 Å². The lowest BCUT2D eigenvalue weighted by molar-refractivity contribution is 0.634. The second-order valence-electron chi connectivity index (χ2n) is 4.77. The van der Waals surface area contributed by atoms with Crippen LogP contribution in [0, 0.1) is 0 Å². The van der Waals surface area contributed by atoms with Crippen molar-refractivity contribution in [3.63, 3.8) is 0 Å². The largest absolute Gasteiger partial charge is 0.233 e. The Bertz CT molecular complexity index is 528. The number of aromatic nitrogens is 1. The maximum atomic E-state index is 14.0. The van der Waals surface area contributed by atoms with Gasteiger partial charge in [0.15, 0.2) is 0 Å². The van der Waals surface area contributed by atoms with Crippen LogP contribution in [0.25, 0.3) is 15.7 Å². The van der Waals surface area contributed by atoms with E-state index in [1.165, 1.54) is 37.0 Å². The van der Waals surface area contributed by atoms with Crippen LogP contribution in [0.15, 0.2) is 29.0 Å². The Morgan fingerprint density at radius 1 is 1.25 bits per heavy atom. The highest BCUT2D eigenvalue weighted by atomic mass is 32.1. The zero-order chi connectivity index (χ0) is 14.2. The third-order valence-electron chi connectivity index (χ3n) is 3.11. The van der Waals surface area contributed by atoms with Crippen molar-refractivity contribution in [1.82, 2.24) is 4.98 Å². The van der Waals surface area contributed by atoms with Crippen LogP contribution >= 0.6 is 22.7 Å². The van der Waals surface area contributed by atoms with Crippen LogP contribution < -0.4 is 0 Å². The van der Waals surface area contributed by atoms with Crippen molar-refractivity contribution in [3.8, 4) is 9.88 Å². The van der Waals surface area contributed by atoms with Crippen molar-refractivity contribution in [2.24, 2.45) is 0 Å². The predicted octanol–water partition coefficient (Wildman–Crippen LogP) is 6.54. The maximum absolute atomic E-state index is 14.0. The minimum absolute atomic E-state index is 0.181. The minimum atomic E-state index is -0.181. The Morgan fingerprint density at radius 3 is 2.85 bits per heavy atom. The summed E-state index contributed by atoms with van der Waals surface area (Å²) >= 11 is 3.14. The summed E-state index contributed by atoms with van der Waals surface area (Å²) in [5.74, 6) is -0.181. The highest BCUT2D eigenvalue weighted by Crippen LogP contribution is 2.30. The molecular formula is C16H20FNS2. The van der Waals surface area contributed by atoms with Crippen LogP contribution in [-0.4, -0.2) is 4.98 Å². The number of unbranched alkanes of at least 4 members (excludes halogenated alkanes) is 5. The van der Waals surface area contributed by atoms with Gasteiger partial charge in [-0.05, 0) is 30.4 Å². The van der Waals surface area contributed by atoms with Gasteiger partial charge in [0.1, 0.15) is 16.5 Å². The molecule has 0 amide bonds. The minimum Gasteiger partial charge on any atom is -0.233 e. The smallest absolute Gasteiger partial charge is 0.145 e. The standard InChI is InChI=1S/C16H20FNS2/c1-2-3-4-5-6-7-9-13(17)14-12-20-16(18-14)15-10-8-11-19-15/h8-12H,2-7H2,1H3/b13-9-. The number of rotatable bonds is 8. The first kappa shape index (κ1) is 15.4. The summed E-state index contributed by atoms with van der Waals surface area (Å²) in [4.78, 5) is 5.47. The maximum Gasteiger partial charge on any atom is 0.145 e. The molecular weight excluding hydrogens is 289 g/mol. The van der Waals surface area contributed by atoms with E-state index >= 15 is 0 Å². The van der Waals surface area contributed by atoms with Crippen molar-refractivity contribution in [2.75, 3.05) is 0 Å². The van der Waals surface area contributed by atoms with E-state index in [2.05, 4.69) is 11.9 Å². The van der Waals surface area contributed by atoms with Gasteiger partial charge in [-0.1, -0.05) is 38.7 Å². The average Bonchev–Trinajstić information content (AvgIpc) is 3.12. The summed E-state index contributed by atoms with van der Waals surface area (Å²) in [5, 5.41) is 4.72. The molecule has 0 atom stereocenters. The van der Waals surface area contributed by atoms with Gasteiger partial charge in [0, 0.05) is 5.38 Å². The fourth-order valence-corrected chi connectivity index (χ4v) is 3.60. The van der Waals surface area contributed by atoms with Crippen molar-refractivity contribution < 1.29 is 4.39 Å². The van der Waals surface area contributed by atoms with Gasteiger partial charge in [0.05, 0.1) is 4.88 Å². The molecule has 0 bridgehead atoms. The van der Waals surface area contributed by atoms with Crippen LogP contribution in [0.2, 0.25) is 0 Å². The van der Waals surface area contributed by atoms with Crippen LogP contribution in [0.4, 0.5) is 4.39 Å². The molecule has 108 valence electrons. The number of halogens is 1. The van der Waals surface area contributed by atoms with E-state index in [1.807, 2.05) is 17.5 Å². The van der Waals surface area contributed by atoms with Crippen LogP contribution in [0.3, 0.4) is 0 Å². The summed E-state index contributed by atoms with van der Waals surface area (Å²) in [7, 11) is 0. The van der Waals surface area contributed by atoms with Crippen LogP contribution in [-0.2, 0) is 0 Å². The van der Waals surface area contributed by atoms with E-state index in [1.54, 1.807) is 22.8 Å². The number of hydrogen-bond acceptors (Lipinski definition) is 3. The van der Waals surface area contributed by atoms with Gasteiger partial charge in [0.2, 0.25) is 0 Å². The molecule has 0 saturated heterocycles. The molecule has 2 aromatic rings. The molecule has 2 heterocycles. The normalized spacial score (nSPS) is 12.0. The Hall–Kier alpha value is -1.00. The zero-order valence-electron chi connectivity index (χ0n) is 11.8. The predicted molar refractivity (Wildman–Crippen MR) is 87.9 cm³/mol. The third kappa shape index (κ3) is 4.53. The molecule has 0 radical (unpaired) electrons. The summed E-state index contributed by atoms with van der Waals surface area (Å²) < 4.78 is 14.0. The second-order valence-corrected chi connectivity index (χ2v) is 6.58. The first-order chi connectivity index (χ1) is 9.81. The Kier molecular flexibility index (Phi) is 6.40. The quantitative estimate of drug-likeness (QED) is 0.504. The van der Waals surface area contributed by atoms with Gasteiger partial charge in [-0.15, -0.1) is 22.7 Å². The Balaban J connectivity index is 1.84. The average molecular weight is 309 g/mol. The molecule has 0 spiro atoms. The van der Waals surface area contributed by atoms with E-state index in [9.17, 15) is 4.39 Å². The van der Waals surface area contributed by atoms with E-state index in [-0.39, 0.29) is 5.83 Å². The van der Waals surface area contributed by atoms with E-state index < -0.39 is 0 Å². The summed E-state index contributed by atoms with van der Waals surface area (Å²) in [6, 6.07) is 4.01. The van der Waals surface area contributed by atoms with Crippen molar-refractivity contribution in [3.05, 3.63) is 34.7 Å². The summed E-state index contributed by atoms with van der Waals surface area (Å²) in [5.41, 5.74) is 0.479.